The van der Waals surface area contributed by atoms with Gasteiger partial charge in [-0.3, -0.25) is 19.0 Å². The van der Waals surface area contributed by atoms with Gasteiger partial charge in [0.1, 0.15) is 48.5 Å². The summed E-state index contributed by atoms with van der Waals surface area (Å²) in [6.45, 7) is 3.05. The number of hydrogen-bond acceptors (Lipinski definition) is 12. The van der Waals surface area contributed by atoms with Crippen molar-refractivity contribution in [2.24, 2.45) is 11.8 Å². The zero-order valence-electron chi connectivity index (χ0n) is 58.3. The maximum absolute atomic E-state index is 15.0. The molecule has 6 heterocycles. The van der Waals surface area contributed by atoms with Crippen molar-refractivity contribution in [3.8, 4) is 0 Å². The smallest absolute Gasteiger partial charge is 0.418 e. The second-order valence-electron chi connectivity index (χ2n) is 27.5. The van der Waals surface area contributed by atoms with Crippen LogP contribution in [0.1, 0.15) is 174 Å². The molecule has 4 aliphatic rings. The van der Waals surface area contributed by atoms with Gasteiger partial charge >= 0.3 is 36.6 Å². The quantitative estimate of drug-likeness (QED) is 0.0668. The van der Waals surface area contributed by atoms with Crippen LogP contribution in [0.15, 0.2) is 207 Å². The number of esters is 2. The summed E-state index contributed by atoms with van der Waals surface area (Å²) >= 11 is 0. The van der Waals surface area contributed by atoms with Gasteiger partial charge in [-0.25, -0.2) is 19.6 Å². The van der Waals surface area contributed by atoms with Crippen molar-refractivity contribution in [3.63, 3.8) is 0 Å². The Morgan fingerprint density at radius 2 is 0.722 bits per heavy atom. The molecule has 14 rings (SSSR count). The van der Waals surface area contributed by atoms with Crippen LogP contribution in [0.25, 0.3) is 0 Å². The average Bonchev–Trinajstić information content (AvgIpc) is 1.57. The molecule has 2 aliphatic heterocycles. The number of carbonyl (C=O) groups is 4. The van der Waals surface area contributed by atoms with Crippen LogP contribution in [0.3, 0.4) is 0 Å². The zero-order valence-corrected chi connectivity index (χ0v) is 58.3. The number of anilines is 2. The molecule has 0 N–H and O–H groups in total. The Kier molecular flexibility index (Phi) is 21.7. The van der Waals surface area contributed by atoms with E-state index in [1.54, 1.807) is 79.8 Å². The Morgan fingerprint density at radius 1 is 0.435 bits per heavy atom. The van der Waals surface area contributed by atoms with Crippen molar-refractivity contribution in [2.75, 3.05) is 36.0 Å². The third kappa shape index (κ3) is 16.0. The lowest BCUT2D eigenvalue weighted by Gasteiger charge is -2.35. The number of fused-ring (bicyclic) bond motifs is 2. The van der Waals surface area contributed by atoms with Crippen molar-refractivity contribution in [3.05, 3.63) is 296 Å². The average molecular weight is 1490 g/mol. The van der Waals surface area contributed by atoms with Crippen LogP contribution in [0, 0.1) is 11.8 Å². The molecular weight excluding hydrogens is 1420 g/mol. The van der Waals surface area contributed by atoms with E-state index in [9.17, 15) is 71.9 Å². The van der Waals surface area contributed by atoms with Gasteiger partial charge in [-0.1, -0.05) is 196 Å². The highest BCUT2D eigenvalue weighted by atomic mass is 19.4. The Bertz CT molecular complexity index is 4450. The zero-order chi connectivity index (χ0) is 76.4. The normalized spacial score (nSPS) is 18.1. The molecule has 4 aromatic heterocycles. The van der Waals surface area contributed by atoms with Crippen LogP contribution in [0.4, 0.5) is 64.3 Å². The number of benzene rings is 6. The van der Waals surface area contributed by atoms with Crippen LogP contribution in [0.5, 0.6) is 0 Å². The molecule has 2 saturated heterocycles. The Morgan fingerprint density at radius 3 is 1.00 bits per heavy atom. The van der Waals surface area contributed by atoms with Crippen molar-refractivity contribution in [1.82, 2.24) is 29.5 Å². The van der Waals surface area contributed by atoms with Crippen molar-refractivity contribution in [1.29, 1.82) is 0 Å². The highest BCUT2D eigenvalue weighted by molar-refractivity contribution is 5.93. The lowest BCUT2D eigenvalue weighted by atomic mass is 9.74. The third-order valence-electron chi connectivity index (χ3n) is 20.8. The number of alkyl halides is 12. The summed E-state index contributed by atoms with van der Waals surface area (Å²) in [7, 11) is 0. The van der Waals surface area contributed by atoms with Gasteiger partial charge in [0.2, 0.25) is 0 Å². The molecule has 0 saturated carbocycles. The minimum Gasteiger partial charge on any atom is -0.457 e. The number of halogens is 12. The number of ether oxygens (including phenoxy) is 2. The van der Waals surface area contributed by atoms with Gasteiger partial charge in [-0.2, -0.15) is 62.9 Å². The second kappa shape index (κ2) is 31.1. The van der Waals surface area contributed by atoms with Crippen LogP contribution < -0.4 is 9.80 Å². The van der Waals surface area contributed by atoms with E-state index in [4.69, 9.17) is 19.7 Å². The molecule has 0 radical (unpaired) electrons. The third-order valence-corrected chi connectivity index (χ3v) is 20.8. The van der Waals surface area contributed by atoms with Crippen molar-refractivity contribution in [2.45, 2.75) is 126 Å². The van der Waals surface area contributed by atoms with Crippen molar-refractivity contribution >= 4 is 35.1 Å². The first-order valence-corrected chi connectivity index (χ1v) is 35.3. The Balaban J connectivity index is 0.000000190. The molecule has 0 spiro atoms. The molecule has 0 bridgehead atoms. The number of hydrogen-bond donors (Lipinski definition) is 0. The van der Waals surface area contributed by atoms with E-state index in [2.05, 4.69) is 9.97 Å². The van der Waals surface area contributed by atoms with Gasteiger partial charge in [0.25, 0.3) is 0 Å². The topological polar surface area (TPSA) is 155 Å². The fourth-order valence-corrected chi connectivity index (χ4v) is 15.4. The first-order valence-electron chi connectivity index (χ1n) is 35.3. The molecule has 2 aliphatic carbocycles. The van der Waals surface area contributed by atoms with E-state index in [1.165, 1.54) is 13.8 Å². The predicted molar refractivity (Wildman–Crippen MR) is 376 cm³/mol. The Labute approximate surface area is 613 Å². The van der Waals surface area contributed by atoms with Crippen LogP contribution >= 0.6 is 0 Å². The fourth-order valence-electron chi connectivity index (χ4n) is 15.4. The number of Topliss-reactive ketones (excluding diaryl/α,β-unsaturated/α-hetero) is 2. The number of piperidine rings is 2. The maximum atomic E-state index is 15.0. The molecule has 560 valence electrons. The van der Waals surface area contributed by atoms with E-state index < -0.39 is 118 Å². The first kappa shape index (κ1) is 75.3. The first-order chi connectivity index (χ1) is 51.6. The van der Waals surface area contributed by atoms with Crippen molar-refractivity contribution < 1.29 is 81.3 Å². The number of rotatable bonds is 16. The van der Waals surface area contributed by atoms with E-state index in [1.807, 2.05) is 121 Å². The monoisotopic (exact) mass is 1490 g/mol. The molecule has 4 atom stereocenters. The summed E-state index contributed by atoms with van der Waals surface area (Å²) in [5.74, 6) is -10.8. The lowest BCUT2D eigenvalue weighted by Crippen LogP contribution is -2.38. The van der Waals surface area contributed by atoms with Gasteiger partial charge in [-0.05, 0) is 71.2 Å². The second-order valence-corrected chi connectivity index (χ2v) is 27.5. The number of carbonyl (C=O) groups excluding carboxylic acids is 4. The summed E-state index contributed by atoms with van der Waals surface area (Å²) < 4.78 is 188. The summed E-state index contributed by atoms with van der Waals surface area (Å²) in [6, 6.07) is 55.1. The van der Waals surface area contributed by atoms with E-state index in [-0.39, 0.29) is 97.8 Å². The van der Waals surface area contributed by atoms with Gasteiger partial charge in [0, 0.05) is 86.2 Å². The number of aromatic nitrogens is 6. The predicted octanol–water partition coefficient (Wildman–Crippen LogP) is 18.2. The highest BCUT2D eigenvalue weighted by Gasteiger charge is 2.55. The fraction of sp³-hybridized carbons (Fsp3) is 0.317. The minimum atomic E-state index is -4.87. The molecule has 0 amide bonds. The van der Waals surface area contributed by atoms with E-state index in [0.717, 1.165) is 34.4 Å². The molecule has 108 heavy (non-hydrogen) atoms. The summed E-state index contributed by atoms with van der Waals surface area (Å²) in [5, 5.41) is 9.93. The van der Waals surface area contributed by atoms with E-state index in [0.29, 0.717) is 49.2 Å². The molecule has 26 heteroatoms. The van der Waals surface area contributed by atoms with Crippen LogP contribution in [-0.4, -0.2) is 91.6 Å². The van der Waals surface area contributed by atoms with Gasteiger partial charge < -0.3 is 19.3 Å². The minimum absolute atomic E-state index is 0.0287. The summed E-state index contributed by atoms with van der Waals surface area (Å²) in [6.07, 6.45) is -17.2. The molecule has 0 unspecified atom stereocenters. The summed E-state index contributed by atoms with van der Waals surface area (Å²) in [4.78, 5) is 64.1. The molecule has 14 nitrogen and oxygen atoms in total. The van der Waals surface area contributed by atoms with Crippen LogP contribution in [0.2, 0.25) is 0 Å². The maximum Gasteiger partial charge on any atom is 0.418 e. The number of ketones is 2. The largest absolute Gasteiger partial charge is 0.457 e. The molecule has 2 fully saturated rings. The molecule has 6 aromatic carbocycles. The number of pyridine rings is 2. The standard InChI is InChI=1S/2C41H36F6N4O3/c2*1-25-33(52)22-32-35(36(25)41(45,46)47)37(49-51(32)38(28-13-7-3-8-14-28)29-15-9-4-10-16-29)27-17-19-50(20-18-27)34-21-30(31(23-48-34)40(42,43)44)39(53)54-24-26-11-5-2-6-12-26/h2*2-16,21,23,25,27,36,38H,17-20,22,24H2,1H3/t2*25-,36-/m10/s1. The SMILES string of the molecule is C[C@@H]1C(=O)Cc2c(c(C3CCN(c4cc(C(=O)OCc5ccccc5)c(C(F)(F)F)cn4)CC3)nn2C(c2ccccc2)c2ccccc2)[C@@H]1C(F)(F)F.C[C@H]1C(=O)Cc2c(c(C3CCN(c4cc(C(=O)OCc5ccccc5)c(C(F)(F)F)cn4)CC3)nn2C(c2ccccc2)c2ccccc2)[C@H]1C(F)(F)F. The van der Waals surface area contributed by atoms with Gasteiger partial charge in [0.15, 0.2) is 0 Å². The lowest BCUT2D eigenvalue weighted by molar-refractivity contribution is -0.168. The highest BCUT2D eigenvalue weighted by Crippen LogP contribution is 2.53. The number of nitrogens with zero attached hydrogens (tertiary/aromatic N) is 8. The van der Waals surface area contributed by atoms with Gasteiger partial charge in [0.05, 0.1) is 56.9 Å². The molecular formula is C82H72F12N8O6. The summed E-state index contributed by atoms with van der Waals surface area (Å²) in [5.41, 5.74) is 1.60. The van der Waals surface area contributed by atoms with Crippen LogP contribution in [-0.2, 0) is 57.5 Å². The van der Waals surface area contributed by atoms with Gasteiger partial charge in [-0.15, -0.1) is 0 Å². The Hall–Kier alpha value is -10.9. The molecule has 10 aromatic rings. The van der Waals surface area contributed by atoms with E-state index >= 15 is 0 Å².